The van der Waals surface area contributed by atoms with E-state index in [-0.39, 0.29) is 0 Å². The van der Waals surface area contributed by atoms with Gasteiger partial charge in [0.25, 0.3) is 0 Å². The smallest absolute Gasteiger partial charge is 0.133 e. The molecule has 2 rings (SSSR count). The van der Waals surface area contributed by atoms with Gasteiger partial charge >= 0.3 is 0 Å². The minimum atomic E-state index is 0.345. The van der Waals surface area contributed by atoms with E-state index in [0.717, 1.165) is 25.5 Å². The van der Waals surface area contributed by atoms with E-state index in [2.05, 4.69) is 61.0 Å². The molecular formula is C16H28N4. The molecule has 1 aliphatic rings. The van der Waals surface area contributed by atoms with Crippen LogP contribution >= 0.6 is 0 Å². The number of nitrogens with one attached hydrogen (secondary N) is 1. The van der Waals surface area contributed by atoms with Crippen molar-refractivity contribution in [1.29, 1.82) is 0 Å². The minimum Gasteiger partial charge on any atom is -0.354 e. The second kappa shape index (κ2) is 6.55. The van der Waals surface area contributed by atoms with E-state index in [0.29, 0.717) is 18.0 Å². The molecule has 112 valence electrons. The molecule has 0 saturated carbocycles. The lowest BCUT2D eigenvalue weighted by Crippen LogP contribution is -2.34. The van der Waals surface area contributed by atoms with Crippen molar-refractivity contribution in [2.75, 3.05) is 38.6 Å². The van der Waals surface area contributed by atoms with Gasteiger partial charge < -0.3 is 15.1 Å². The first-order chi connectivity index (χ1) is 9.54. The van der Waals surface area contributed by atoms with Crippen LogP contribution < -0.4 is 10.2 Å². The van der Waals surface area contributed by atoms with Crippen LogP contribution in [-0.2, 0) is 0 Å². The highest BCUT2D eigenvalue weighted by molar-refractivity contribution is 5.49. The van der Waals surface area contributed by atoms with Crippen LogP contribution in [0.2, 0.25) is 0 Å². The number of likely N-dealkylation sites (N-methyl/N-ethyl adjacent to an activating group) is 1. The number of nitrogens with zero attached hydrogens (tertiary/aromatic N) is 3. The molecule has 4 nitrogen and oxygen atoms in total. The van der Waals surface area contributed by atoms with Crippen molar-refractivity contribution in [2.24, 2.45) is 5.92 Å². The quantitative estimate of drug-likeness (QED) is 0.893. The Kier molecular flexibility index (Phi) is 5.00. The summed E-state index contributed by atoms with van der Waals surface area (Å²) >= 11 is 0. The van der Waals surface area contributed by atoms with Crippen LogP contribution in [-0.4, -0.2) is 49.7 Å². The molecule has 20 heavy (non-hydrogen) atoms. The Bertz CT molecular complexity index is 432. The van der Waals surface area contributed by atoms with Crippen molar-refractivity contribution >= 4 is 5.82 Å². The van der Waals surface area contributed by atoms with Crippen LogP contribution in [0.5, 0.6) is 0 Å². The van der Waals surface area contributed by atoms with E-state index < -0.39 is 0 Å². The van der Waals surface area contributed by atoms with Gasteiger partial charge in [0.2, 0.25) is 0 Å². The van der Waals surface area contributed by atoms with Crippen molar-refractivity contribution in [3.05, 3.63) is 23.9 Å². The topological polar surface area (TPSA) is 31.4 Å². The Morgan fingerprint density at radius 1 is 1.45 bits per heavy atom. The molecule has 1 aromatic heterocycles. The first-order valence-corrected chi connectivity index (χ1v) is 7.64. The van der Waals surface area contributed by atoms with Crippen LogP contribution in [0.4, 0.5) is 5.82 Å². The molecule has 1 fully saturated rings. The normalized spacial score (nSPS) is 24.4. The van der Waals surface area contributed by atoms with Crippen molar-refractivity contribution in [3.63, 3.8) is 0 Å². The monoisotopic (exact) mass is 276 g/mol. The fourth-order valence-corrected chi connectivity index (χ4v) is 3.22. The number of hydrogen-bond acceptors (Lipinski definition) is 4. The van der Waals surface area contributed by atoms with Crippen molar-refractivity contribution in [3.8, 4) is 0 Å². The molecule has 0 amide bonds. The molecule has 1 saturated heterocycles. The van der Waals surface area contributed by atoms with Gasteiger partial charge in [0.1, 0.15) is 5.82 Å². The Morgan fingerprint density at radius 3 is 2.80 bits per heavy atom. The average molecular weight is 276 g/mol. The maximum Gasteiger partial charge on any atom is 0.133 e. The van der Waals surface area contributed by atoms with E-state index in [4.69, 9.17) is 0 Å². The third-order valence-corrected chi connectivity index (χ3v) is 4.33. The SMILES string of the molecule is CCNC(C)c1cccnc1N1CC(C)C(N(C)C)C1. The van der Waals surface area contributed by atoms with Crippen LogP contribution in [0.25, 0.3) is 0 Å². The Balaban J connectivity index is 2.21. The molecule has 0 radical (unpaired) electrons. The summed E-state index contributed by atoms with van der Waals surface area (Å²) in [5.41, 5.74) is 1.31. The molecule has 2 heterocycles. The summed E-state index contributed by atoms with van der Waals surface area (Å²) in [6, 6.07) is 5.19. The Labute approximate surface area is 123 Å². The summed E-state index contributed by atoms with van der Waals surface area (Å²) in [4.78, 5) is 9.44. The second-order valence-electron chi connectivity index (χ2n) is 6.11. The van der Waals surface area contributed by atoms with Crippen molar-refractivity contribution in [1.82, 2.24) is 15.2 Å². The van der Waals surface area contributed by atoms with Gasteiger partial charge in [0, 0.05) is 36.9 Å². The number of anilines is 1. The minimum absolute atomic E-state index is 0.345. The molecule has 3 unspecified atom stereocenters. The standard InChI is InChI=1S/C16H28N4/c1-6-17-13(3)14-8-7-9-18-16(14)20-10-12(2)15(11-20)19(4)5/h7-9,12-13,15,17H,6,10-11H2,1-5H3. The lowest BCUT2D eigenvalue weighted by atomic mass is 10.1. The molecular weight excluding hydrogens is 248 g/mol. The van der Waals surface area contributed by atoms with Gasteiger partial charge in [-0.2, -0.15) is 0 Å². The van der Waals surface area contributed by atoms with Gasteiger partial charge in [-0.25, -0.2) is 4.98 Å². The Hall–Kier alpha value is -1.13. The molecule has 0 aliphatic carbocycles. The lowest BCUT2D eigenvalue weighted by Gasteiger charge is -2.25. The second-order valence-corrected chi connectivity index (χ2v) is 6.11. The van der Waals surface area contributed by atoms with Gasteiger partial charge in [-0.05, 0) is 39.5 Å². The molecule has 4 heteroatoms. The molecule has 1 N–H and O–H groups in total. The summed E-state index contributed by atoms with van der Waals surface area (Å²) in [5, 5.41) is 3.49. The van der Waals surface area contributed by atoms with E-state index in [1.54, 1.807) is 0 Å². The van der Waals surface area contributed by atoms with Gasteiger partial charge in [0.05, 0.1) is 0 Å². The highest BCUT2D eigenvalue weighted by Gasteiger charge is 2.32. The summed E-state index contributed by atoms with van der Waals surface area (Å²) in [5.74, 6) is 1.83. The fourth-order valence-electron chi connectivity index (χ4n) is 3.22. The predicted octanol–water partition coefficient (Wildman–Crippen LogP) is 2.14. The van der Waals surface area contributed by atoms with Crippen molar-refractivity contribution < 1.29 is 0 Å². The van der Waals surface area contributed by atoms with Crippen molar-refractivity contribution in [2.45, 2.75) is 32.9 Å². The van der Waals surface area contributed by atoms with Gasteiger partial charge in [-0.3, -0.25) is 0 Å². The number of pyridine rings is 1. The first kappa shape index (κ1) is 15.3. The summed E-state index contributed by atoms with van der Waals surface area (Å²) < 4.78 is 0. The number of rotatable bonds is 5. The zero-order chi connectivity index (χ0) is 14.7. The molecule has 0 aromatic carbocycles. The molecule has 1 aliphatic heterocycles. The van der Waals surface area contributed by atoms with E-state index in [9.17, 15) is 0 Å². The highest BCUT2D eigenvalue weighted by Crippen LogP contribution is 2.29. The maximum atomic E-state index is 4.66. The largest absolute Gasteiger partial charge is 0.354 e. The average Bonchev–Trinajstić information content (AvgIpc) is 2.81. The fraction of sp³-hybridized carbons (Fsp3) is 0.688. The third-order valence-electron chi connectivity index (χ3n) is 4.33. The van der Waals surface area contributed by atoms with Crippen LogP contribution in [0, 0.1) is 5.92 Å². The maximum absolute atomic E-state index is 4.66. The molecule has 3 atom stereocenters. The predicted molar refractivity (Wildman–Crippen MR) is 85.2 cm³/mol. The van der Waals surface area contributed by atoms with Gasteiger partial charge in [-0.15, -0.1) is 0 Å². The van der Waals surface area contributed by atoms with Crippen LogP contribution in [0.3, 0.4) is 0 Å². The lowest BCUT2D eigenvalue weighted by molar-refractivity contribution is 0.266. The summed E-state index contributed by atoms with van der Waals surface area (Å²) in [6.45, 7) is 9.83. The van der Waals surface area contributed by atoms with Crippen LogP contribution in [0.15, 0.2) is 18.3 Å². The third kappa shape index (κ3) is 3.13. The van der Waals surface area contributed by atoms with E-state index in [1.807, 2.05) is 12.3 Å². The first-order valence-electron chi connectivity index (χ1n) is 7.64. The zero-order valence-corrected chi connectivity index (χ0v) is 13.4. The Morgan fingerprint density at radius 2 is 2.20 bits per heavy atom. The van der Waals surface area contributed by atoms with Gasteiger partial charge in [0.15, 0.2) is 0 Å². The number of aromatic nitrogens is 1. The van der Waals surface area contributed by atoms with Crippen LogP contribution in [0.1, 0.15) is 32.4 Å². The summed E-state index contributed by atoms with van der Waals surface area (Å²) in [6.07, 6.45) is 1.91. The zero-order valence-electron chi connectivity index (χ0n) is 13.4. The molecule has 0 bridgehead atoms. The molecule has 0 spiro atoms. The summed E-state index contributed by atoms with van der Waals surface area (Å²) in [7, 11) is 4.34. The van der Waals surface area contributed by atoms with E-state index >= 15 is 0 Å². The van der Waals surface area contributed by atoms with Gasteiger partial charge in [-0.1, -0.05) is 19.9 Å². The molecule has 1 aromatic rings. The van der Waals surface area contributed by atoms with E-state index in [1.165, 1.54) is 5.56 Å². The number of hydrogen-bond donors (Lipinski definition) is 1. The highest BCUT2D eigenvalue weighted by atomic mass is 15.3.